The summed E-state index contributed by atoms with van der Waals surface area (Å²) < 4.78 is 0. The third-order valence-electron chi connectivity index (χ3n) is 4.21. The lowest BCUT2D eigenvalue weighted by Crippen LogP contribution is -2.45. The average Bonchev–Trinajstić information content (AvgIpc) is 2.55. The first-order valence-corrected chi connectivity index (χ1v) is 8.51. The molecule has 0 unspecified atom stereocenters. The summed E-state index contributed by atoms with van der Waals surface area (Å²) in [7, 11) is 0. The monoisotopic (exact) mass is 367 g/mol. The predicted molar refractivity (Wildman–Crippen MR) is 95.5 cm³/mol. The van der Waals surface area contributed by atoms with Crippen LogP contribution in [0.4, 0.5) is 11.4 Å². The molecule has 1 aliphatic heterocycles. The van der Waals surface area contributed by atoms with Gasteiger partial charge in [-0.2, -0.15) is 0 Å². The van der Waals surface area contributed by atoms with E-state index in [1.54, 1.807) is 4.90 Å². The number of carbonyl (C=O) groups excluding carboxylic acids is 2. The van der Waals surface area contributed by atoms with Crippen molar-refractivity contribution in [3.8, 4) is 0 Å². The highest BCUT2D eigenvalue weighted by Crippen LogP contribution is 2.29. The van der Waals surface area contributed by atoms with Crippen molar-refractivity contribution in [3.05, 3.63) is 33.3 Å². The lowest BCUT2D eigenvalue weighted by atomic mass is 9.90. The first-order valence-electron chi connectivity index (χ1n) is 8.14. The predicted octanol–water partition coefficient (Wildman–Crippen LogP) is 3.47. The SMILES string of the molecule is CC(C)(C)C(=O)N1CCC(C(=O)Nc2cc([N+](=O)[O-])ccc2Cl)CC1. The van der Waals surface area contributed by atoms with Crippen molar-refractivity contribution in [2.24, 2.45) is 11.3 Å². The Bertz CT molecular complexity index is 692. The minimum Gasteiger partial charge on any atom is -0.342 e. The molecular weight excluding hydrogens is 346 g/mol. The molecule has 2 amide bonds. The van der Waals surface area contributed by atoms with Crippen molar-refractivity contribution >= 4 is 34.8 Å². The summed E-state index contributed by atoms with van der Waals surface area (Å²) in [5, 5.41) is 13.8. The number of carbonyl (C=O) groups is 2. The fraction of sp³-hybridized carbons (Fsp3) is 0.529. The zero-order valence-electron chi connectivity index (χ0n) is 14.5. The summed E-state index contributed by atoms with van der Waals surface area (Å²) in [4.78, 5) is 36.8. The number of hydrogen-bond donors (Lipinski definition) is 1. The Kier molecular flexibility index (Phi) is 5.67. The van der Waals surface area contributed by atoms with Crippen molar-refractivity contribution in [2.45, 2.75) is 33.6 Å². The Balaban J connectivity index is 1.99. The number of rotatable bonds is 3. The van der Waals surface area contributed by atoms with Gasteiger partial charge in [-0.25, -0.2) is 0 Å². The first-order chi connectivity index (χ1) is 11.6. The molecule has 25 heavy (non-hydrogen) atoms. The van der Waals surface area contributed by atoms with Gasteiger partial charge in [0.15, 0.2) is 0 Å². The van der Waals surface area contributed by atoms with Gasteiger partial charge in [0.25, 0.3) is 5.69 Å². The zero-order chi connectivity index (χ0) is 18.8. The molecule has 0 saturated carbocycles. The number of halogens is 1. The Morgan fingerprint density at radius 3 is 2.40 bits per heavy atom. The second-order valence-corrected chi connectivity index (χ2v) is 7.63. The topological polar surface area (TPSA) is 92.6 Å². The number of hydrogen-bond acceptors (Lipinski definition) is 4. The summed E-state index contributed by atoms with van der Waals surface area (Å²) in [5.74, 6) is -0.405. The number of anilines is 1. The number of nitro benzene ring substituents is 1. The van der Waals surface area contributed by atoms with Crippen LogP contribution in [0.1, 0.15) is 33.6 Å². The second-order valence-electron chi connectivity index (χ2n) is 7.23. The summed E-state index contributed by atoms with van der Waals surface area (Å²) in [6.07, 6.45) is 1.11. The lowest BCUT2D eigenvalue weighted by molar-refractivity contribution is -0.384. The van der Waals surface area contributed by atoms with Crippen molar-refractivity contribution < 1.29 is 14.5 Å². The van der Waals surface area contributed by atoms with Gasteiger partial charge >= 0.3 is 0 Å². The first kappa shape index (κ1) is 19.2. The van der Waals surface area contributed by atoms with E-state index in [0.717, 1.165) is 0 Å². The van der Waals surface area contributed by atoms with Crippen molar-refractivity contribution in [1.82, 2.24) is 4.90 Å². The van der Waals surface area contributed by atoms with Gasteiger partial charge in [-0.15, -0.1) is 0 Å². The molecule has 1 aliphatic rings. The smallest absolute Gasteiger partial charge is 0.271 e. The Hall–Kier alpha value is -2.15. The van der Waals surface area contributed by atoms with E-state index >= 15 is 0 Å². The van der Waals surface area contributed by atoms with E-state index in [1.807, 2.05) is 20.8 Å². The maximum absolute atomic E-state index is 12.4. The van der Waals surface area contributed by atoms with E-state index in [2.05, 4.69) is 5.32 Å². The van der Waals surface area contributed by atoms with Gasteiger partial charge in [0, 0.05) is 36.6 Å². The van der Waals surface area contributed by atoms with Gasteiger partial charge < -0.3 is 10.2 Å². The van der Waals surface area contributed by atoms with Crippen LogP contribution in [-0.2, 0) is 9.59 Å². The Labute approximate surface area is 151 Å². The third kappa shape index (κ3) is 4.69. The molecule has 1 aromatic carbocycles. The number of nitro groups is 1. The average molecular weight is 368 g/mol. The zero-order valence-corrected chi connectivity index (χ0v) is 15.3. The van der Waals surface area contributed by atoms with E-state index < -0.39 is 10.3 Å². The molecule has 7 nitrogen and oxygen atoms in total. The van der Waals surface area contributed by atoms with Gasteiger partial charge in [-0.1, -0.05) is 32.4 Å². The van der Waals surface area contributed by atoms with E-state index in [9.17, 15) is 19.7 Å². The van der Waals surface area contributed by atoms with Gasteiger partial charge in [0.05, 0.1) is 15.6 Å². The fourth-order valence-corrected chi connectivity index (χ4v) is 2.94. The molecular formula is C17H22ClN3O4. The van der Waals surface area contributed by atoms with Crippen molar-refractivity contribution in [2.75, 3.05) is 18.4 Å². The highest BCUT2D eigenvalue weighted by molar-refractivity contribution is 6.33. The summed E-state index contributed by atoms with van der Waals surface area (Å²) >= 11 is 6.01. The number of non-ortho nitro benzene ring substituents is 1. The molecule has 1 N–H and O–H groups in total. The van der Waals surface area contributed by atoms with Crippen LogP contribution in [-0.4, -0.2) is 34.7 Å². The maximum Gasteiger partial charge on any atom is 0.271 e. The quantitative estimate of drug-likeness (QED) is 0.653. The molecule has 2 rings (SSSR count). The number of piperidine rings is 1. The van der Waals surface area contributed by atoms with E-state index in [4.69, 9.17) is 11.6 Å². The molecule has 0 spiro atoms. The van der Waals surface area contributed by atoms with Crippen LogP contribution in [0.5, 0.6) is 0 Å². The highest BCUT2D eigenvalue weighted by atomic mass is 35.5. The molecule has 0 aromatic heterocycles. The van der Waals surface area contributed by atoms with Gasteiger partial charge in [0.2, 0.25) is 11.8 Å². The molecule has 1 saturated heterocycles. The number of nitrogens with zero attached hydrogens (tertiary/aromatic N) is 2. The van der Waals surface area contributed by atoms with Crippen LogP contribution in [0, 0.1) is 21.4 Å². The molecule has 0 bridgehead atoms. The Morgan fingerprint density at radius 2 is 1.88 bits per heavy atom. The second kappa shape index (κ2) is 7.39. The Morgan fingerprint density at radius 1 is 1.28 bits per heavy atom. The van der Waals surface area contributed by atoms with Crippen LogP contribution in [0.25, 0.3) is 0 Å². The van der Waals surface area contributed by atoms with E-state index in [1.165, 1.54) is 18.2 Å². The molecule has 1 heterocycles. The van der Waals surface area contributed by atoms with E-state index in [-0.39, 0.29) is 34.1 Å². The van der Waals surface area contributed by atoms with Crippen LogP contribution in [0.3, 0.4) is 0 Å². The van der Waals surface area contributed by atoms with Crippen LogP contribution < -0.4 is 5.32 Å². The number of benzene rings is 1. The number of likely N-dealkylation sites (tertiary alicyclic amines) is 1. The van der Waals surface area contributed by atoms with E-state index in [0.29, 0.717) is 25.9 Å². The fourth-order valence-electron chi connectivity index (χ4n) is 2.78. The van der Waals surface area contributed by atoms with Crippen molar-refractivity contribution in [1.29, 1.82) is 0 Å². The maximum atomic E-state index is 12.4. The number of amides is 2. The largest absolute Gasteiger partial charge is 0.342 e. The summed E-state index contributed by atoms with van der Waals surface area (Å²) in [6, 6.07) is 3.92. The molecule has 136 valence electrons. The van der Waals surface area contributed by atoms with Crippen LogP contribution in [0.15, 0.2) is 18.2 Å². The van der Waals surface area contributed by atoms with Gasteiger partial charge in [-0.05, 0) is 18.9 Å². The standard InChI is InChI=1S/C17H22ClN3O4/c1-17(2,3)16(23)20-8-6-11(7-9-20)15(22)19-14-10-12(21(24)25)4-5-13(14)18/h4-5,10-11H,6-9H2,1-3H3,(H,19,22). The number of nitrogens with one attached hydrogen (secondary N) is 1. The minimum absolute atomic E-state index is 0.0769. The summed E-state index contributed by atoms with van der Waals surface area (Å²) in [6.45, 7) is 6.67. The van der Waals surface area contributed by atoms with Crippen LogP contribution in [0.2, 0.25) is 5.02 Å². The minimum atomic E-state index is -0.539. The molecule has 0 aliphatic carbocycles. The van der Waals surface area contributed by atoms with Gasteiger partial charge in [0.1, 0.15) is 0 Å². The normalized spacial score (nSPS) is 15.8. The van der Waals surface area contributed by atoms with Gasteiger partial charge in [-0.3, -0.25) is 19.7 Å². The van der Waals surface area contributed by atoms with Crippen molar-refractivity contribution in [3.63, 3.8) is 0 Å². The van der Waals surface area contributed by atoms with Crippen LogP contribution >= 0.6 is 11.6 Å². The summed E-state index contributed by atoms with van der Waals surface area (Å²) in [5.41, 5.74) is -0.342. The molecule has 8 heteroatoms. The molecule has 0 atom stereocenters. The highest BCUT2D eigenvalue weighted by Gasteiger charge is 2.32. The molecule has 0 radical (unpaired) electrons. The third-order valence-corrected chi connectivity index (χ3v) is 4.54. The molecule has 1 aromatic rings. The lowest BCUT2D eigenvalue weighted by Gasteiger charge is -2.35. The molecule has 1 fully saturated rings.